The van der Waals surface area contributed by atoms with Gasteiger partial charge < -0.3 is 11.1 Å². The highest BCUT2D eigenvalue weighted by Crippen LogP contribution is 2.30. The van der Waals surface area contributed by atoms with Crippen LogP contribution in [0.5, 0.6) is 0 Å². The summed E-state index contributed by atoms with van der Waals surface area (Å²) in [6.45, 7) is 5.95. The fourth-order valence-electron chi connectivity index (χ4n) is 2.23. The van der Waals surface area contributed by atoms with E-state index in [1.807, 2.05) is 48.7 Å². The maximum atomic E-state index is 6.02. The summed E-state index contributed by atoms with van der Waals surface area (Å²) in [6, 6.07) is 9.64. The molecule has 116 valence electrons. The number of nitrogens with zero attached hydrogens (tertiary/aromatic N) is 2. The first-order chi connectivity index (χ1) is 11.2. The summed E-state index contributed by atoms with van der Waals surface area (Å²) in [6.07, 6.45) is 3.70. The molecule has 0 saturated heterocycles. The zero-order valence-corrected chi connectivity index (χ0v) is 13.5. The summed E-state index contributed by atoms with van der Waals surface area (Å²) in [5.41, 5.74) is 9.33. The van der Waals surface area contributed by atoms with Crippen LogP contribution in [0.1, 0.15) is 6.92 Å². The van der Waals surface area contributed by atoms with Crippen LogP contribution in [0.2, 0.25) is 0 Å². The Hall–Kier alpha value is -2.73. The van der Waals surface area contributed by atoms with E-state index in [1.54, 1.807) is 6.20 Å². The van der Waals surface area contributed by atoms with Crippen molar-refractivity contribution in [3.63, 3.8) is 0 Å². The molecule has 2 aromatic heterocycles. The van der Waals surface area contributed by atoms with Crippen LogP contribution >= 0.6 is 11.8 Å². The first kappa shape index (κ1) is 15.2. The number of aromatic nitrogens is 3. The van der Waals surface area contributed by atoms with Gasteiger partial charge in [0.25, 0.3) is 0 Å². The molecule has 0 fully saturated rings. The summed E-state index contributed by atoms with van der Waals surface area (Å²) in [4.78, 5) is 4.36. The van der Waals surface area contributed by atoms with Gasteiger partial charge in [0.05, 0.1) is 21.9 Å². The molecule has 0 radical (unpaired) electrons. The number of rotatable bonds is 5. The lowest BCUT2D eigenvalue weighted by Crippen LogP contribution is -1.95. The minimum atomic E-state index is 0.651. The lowest BCUT2D eigenvalue weighted by molar-refractivity contribution is 1.12. The van der Waals surface area contributed by atoms with E-state index in [4.69, 9.17) is 5.73 Å². The number of hydrogen-bond acceptors (Lipinski definition) is 5. The lowest BCUT2D eigenvalue weighted by atomic mass is 10.1. The van der Waals surface area contributed by atoms with Crippen molar-refractivity contribution in [3.05, 3.63) is 59.6 Å². The average Bonchev–Trinajstić information content (AvgIpc) is 2.95. The Labute approximate surface area is 138 Å². The van der Waals surface area contributed by atoms with Crippen LogP contribution in [-0.4, -0.2) is 15.2 Å². The molecule has 0 bridgehead atoms. The predicted octanol–water partition coefficient (Wildman–Crippen LogP) is 4.36. The molecule has 23 heavy (non-hydrogen) atoms. The quantitative estimate of drug-likeness (QED) is 0.650. The van der Waals surface area contributed by atoms with Gasteiger partial charge in [0.2, 0.25) is 0 Å². The number of aromatic amines is 1. The number of anilines is 2. The van der Waals surface area contributed by atoms with E-state index in [0.29, 0.717) is 5.69 Å². The largest absolute Gasteiger partial charge is 0.397 e. The summed E-state index contributed by atoms with van der Waals surface area (Å²) in [7, 11) is 0. The molecule has 0 aliphatic rings. The Morgan fingerprint density at radius 3 is 3.04 bits per heavy atom. The molecule has 0 atom stereocenters. The second-order valence-corrected chi connectivity index (χ2v) is 5.91. The molecule has 3 rings (SSSR count). The van der Waals surface area contributed by atoms with E-state index >= 15 is 0 Å². The van der Waals surface area contributed by atoms with E-state index in [1.165, 1.54) is 11.8 Å². The summed E-state index contributed by atoms with van der Waals surface area (Å²) < 4.78 is 0. The second kappa shape index (κ2) is 6.58. The van der Waals surface area contributed by atoms with Crippen molar-refractivity contribution in [2.75, 3.05) is 11.1 Å². The molecule has 0 unspecified atom stereocenters. The molecule has 2 heterocycles. The smallest absolute Gasteiger partial charge is 0.160 e. The fraction of sp³-hybridized carbons (Fsp3) is 0.0588. The molecule has 6 heteroatoms. The van der Waals surface area contributed by atoms with E-state index < -0.39 is 0 Å². The average molecular weight is 323 g/mol. The van der Waals surface area contributed by atoms with Gasteiger partial charge in [0.15, 0.2) is 5.82 Å². The molecular formula is C17H17N5S. The van der Waals surface area contributed by atoms with E-state index in [9.17, 15) is 0 Å². The first-order valence-electron chi connectivity index (χ1n) is 7.12. The second-order valence-electron chi connectivity index (χ2n) is 4.91. The summed E-state index contributed by atoms with van der Waals surface area (Å²) >= 11 is 1.51. The van der Waals surface area contributed by atoms with Gasteiger partial charge in [-0.3, -0.25) is 10.1 Å². The summed E-state index contributed by atoms with van der Waals surface area (Å²) in [5.74, 6) is 0.735. The van der Waals surface area contributed by atoms with Crippen LogP contribution in [0.4, 0.5) is 11.5 Å². The maximum absolute atomic E-state index is 6.02. The van der Waals surface area contributed by atoms with Crippen LogP contribution < -0.4 is 11.1 Å². The minimum absolute atomic E-state index is 0.651. The third kappa shape index (κ3) is 3.22. The van der Waals surface area contributed by atoms with E-state index in [-0.39, 0.29) is 0 Å². The lowest BCUT2D eigenvalue weighted by Gasteiger charge is -2.06. The van der Waals surface area contributed by atoms with Gasteiger partial charge in [-0.25, -0.2) is 0 Å². The van der Waals surface area contributed by atoms with E-state index in [0.717, 1.165) is 33.0 Å². The molecule has 3 aromatic rings. The molecule has 0 aliphatic carbocycles. The molecular weight excluding hydrogens is 306 g/mol. The highest BCUT2D eigenvalue weighted by atomic mass is 32.2. The number of pyridine rings is 1. The van der Waals surface area contributed by atoms with E-state index in [2.05, 4.69) is 27.1 Å². The fourth-order valence-corrected chi connectivity index (χ4v) is 2.68. The third-order valence-electron chi connectivity index (χ3n) is 3.28. The van der Waals surface area contributed by atoms with Crippen LogP contribution in [0, 0.1) is 0 Å². The number of allylic oxidation sites excluding steroid dienone is 1. The van der Waals surface area contributed by atoms with Crippen molar-refractivity contribution < 1.29 is 0 Å². The van der Waals surface area contributed by atoms with Gasteiger partial charge in [-0.05, 0) is 36.6 Å². The van der Waals surface area contributed by atoms with Gasteiger partial charge in [0.1, 0.15) is 0 Å². The number of hydrogen-bond donors (Lipinski definition) is 3. The molecule has 4 N–H and O–H groups in total. The van der Waals surface area contributed by atoms with Crippen molar-refractivity contribution in [2.24, 2.45) is 0 Å². The monoisotopic (exact) mass is 323 g/mol. The van der Waals surface area contributed by atoms with Crippen LogP contribution in [0.15, 0.2) is 59.6 Å². The van der Waals surface area contributed by atoms with Crippen LogP contribution in [-0.2, 0) is 0 Å². The van der Waals surface area contributed by atoms with Gasteiger partial charge in [-0.2, -0.15) is 5.10 Å². The zero-order valence-electron chi connectivity index (χ0n) is 12.7. The Bertz CT molecular complexity index is 882. The molecule has 0 spiro atoms. The predicted molar refractivity (Wildman–Crippen MR) is 98.9 cm³/mol. The molecule has 0 aliphatic heterocycles. The van der Waals surface area contributed by atoms with Crippen molar-refractivity contribution in [3.8, 4) is 11.3 Å². The maximum Gasteiger partial charge on any atom is 0.160 e. The van der Waals surface area contributed by atoms with Gasteiger partial charge in [0, 0.05) is 17.1 Å². The number of fused-ring (bicyclic) bond motifs is 1. The number of thioether (sulfide) groups is 1. The molecule has 0 saturated carbocycles. The number of nitrogen functional groups attached to an aromatic ring is 1. The van der Waals surface area contributed by atoms with Crippen LogP contribution in [0.25, 0.3) is 22.2 Å². The van der Waals surface area contributed by atoms with Gasteiger partial charge in [-0.15, -0.1) is 0 Å². The van der Waals surface area contributed by atoms with Gasteiger partial charge in [-0.1, -0.05) is 30.5 Å². The summed E-state index contributed by atoms with van der Waals surface area (Å²) in [5, 5.41) is 14.3. The normalized spacial score (nSPS) is 11.2. The van der Waals surface area contributed by atoms with Crippen molar-refractivity contribution >= 4 is 34.2 Å². The van der Waals surface area contributed by atoms with Crippen LogP contribution in [0.3, 0.4) is 0 Å². The Kier molecular flexibility index (Phi) is 4.34. The Morgan fingerprint density at radius 2 is 2.26 bits per heavy atom. The van der Waals surface area contributed by atoms with Gasteiger partial charge >= 0.3 is 0 Å². The molecule has 5 nitrogen and oxygen atoms in total. The molecule has 1 aromatic carbocycles. The minimum Gasteiger partial charge on any atom is -0.397 e. The Balaban J connectivity index is 1.97. The standard InChI is InChI=1S/C17H17N5S/c1-3-9-23-11(2)20-17-13-10-12(6-7-15(13)21-22-17)16-14(18)5-4-8-19-16/h3-10H,2,18H2,1H3,(H2,20,21,22)/b9-3-. The third-order valence-corrected chi connectivity index (χ3v) is 4.07. The van der Waals surface area contributed by atoms with Crippen molar-refractivity contribution in [1.29, 1.82) is 0 Å². The zero-order chi connectivity index (χ0) is 16.2. The number of nitrogens with two attached hydrogens (primary N) is 1. The number of benzene rings is 1. The number of H-pyrrole nitrogens is 1. The highest BCUT2D eigenvalue weighted by Gasteiger charge is 2.10. The van der Waals surface area contributed by atoms with Crippen molar-refractivity contribution in [1.82, 2.24) is 15.2 Å². The number of nitrogens with one attached hydrogen (secondary N) is 2. The Morgan fingerprint density at radius 1 is 1.39 bits per heavy atom. The van der Waals surface area contributed by atoms with Crippen molar-refractivity contribution in [2.45, 2.75) is 6.92 Å². The first-order valence-corrected chi connectivity index (χ1v) is 7.99. The highest BCUT2D eigenvalue weighted by molar-refractivity contribution is 8.05. The molecule has 0 amide bonds. The SMILES string of the molecule is C=C(Nc1n[nH]c2ccc(-c3ncccc3N)cc12)S/C=C\C. The topological polar surface area (TPSA) is 79.6 Å².